The van der Waals surface area contributed by atoms with Gasteiger partial charge in [-0.25, -0.2) is 4.79 Å². The average molecular weight is 807 g/mol. The minimum absolute atomic E-state index is 0. The van der Waals surface area contributed by atoms with Crippen molar-refractivity contribution in [1.82, 2.24) is 0 Å². The third-order valence-electron chi connectivity index (χ3n) is 11.2. The van der Waals surface area contributed by atoms with Crippen molar-refractivity contribution in [3.05, 3.63) is 41.9 Å². The van der Waals surface area contributed by atoms with Gasteiger partial charge < -0.3 is 48.8 Å². The second kappa shape index (κ2) is 18.3. The van der Waals surface area contributed by atoms with Crippen LogP contribution in [0.5, 0.6) is 0 Å². The predicted molar refractivity (Wildman–Crippen MR) is 183 cm³/mol. The van der Waals surface area contributed by atoms with Crippen LogP contribution in [0.15, 0.2) is 35.5 Å². The molecule has 0 spiro atoms. The summed E-state index contributed by atoms with van der Waals surface area (Å²) in [4.78, 5) is 37.7. The van der Waals surface area contributed by atoms with E-state index < -0.39 is 83.0 Å². The first-order valence-electron chi connectivity index (χ1n) is 17.8. The number of methoxy groups -OCH3 is 2. The summed E-state index contributed by atoms with van der Waals surface area (Å²) in [6.45, 7) is 10.8. The first-order valence-corrected chi connectivity index (χ1v) is 17.8. The zero-order valence-electron chi connectivity index (χ0n) is 32.1. The summed E-state index contributed by atoms with van der Waals surface area (Å²) in [7, 11) is 2.54. The number of hydrogen-bond donors (Lipinski definition) is 4. The summed E-state index contributed by atoms with van der Waals surface area (Å²) in [5.74, 6) is -5.63. The summed E-state index contributed by atoms with van der Waals surface area (Å²) in [6, 6.07) is 0. The van der Waals surface area contributed by atoms with Crippen molar-refractivity contribution in [1.29, 1.82) is 0 Å². The van der Waals surface area contributed by atoms with Gasteiger partial charge in [0.15, 0.2) is 5.79 Å². The fourth-order valence-corrected chi connectivity index (χ4v) is 7.42. The first-order chi connectivity index (χ1) is 23.7. The minimum atomic E-state index is -1.99. The summed E-state index contributed by atoms with van der Waals surface area (Å²) in [6.07, 6.45) is 2.71. The number of aliphatic hydroxyl groups excluding tert-OH is 2. The Balaban J connectivity index is 0.00000729. The number of hydrogen-bond acceptors (Lipinski definition) is 13. The fraction of sp³-hybridized carbons (Fsp3) is 0.737. The van der Waals surface area contributed by atoms with Gasteiger partial charge in [-0.3, -0.25) is 9.59 Å². The van der Waals surface area contributed by atoms with E-state index in [0.717, 1.165) is 5.57 Å². The van der Waals surface area contributed by atoms with E-state index >= 15 is 0 Å². The summed E-state index contributed by atoms with van der Waals surface area (Å²) < 4.78 is 34.6. The van der Waals surface area contributed by atoms with Crippen molar-refractivity contribution >= 4 is 17.9 Å². The van der Waals surface area contributed by atoms with E-state index in [9.17, 15) is 34.8 Å². The molecule has 0 radical (unpaired) electrons. The van der Waals surface area contributed by atoms with E-state index in [1.54, 1.807) is 26.0 Å². The maximum atomic E-state index is 13.1. The molecule has 4 aliphatic rings. The van der Waals surface area contributed by atoms with Crippen LogP contribution in [0.1, 0.15) is 92.9 Å². The molecule has 0 saturated carbocycles. The molecule has 3 fully saturated rings. The van der Waals surface area contributed by atoms with Gasteiger partial charge in [-0.05, 0) is 38.5 Å². The van der Waals surface area contributed by atoms with Gasteiger partial charge in [0, 0.05) is 36.2 Å². The van der Waals surface area contributed by atoms with Crippen LogP contribution in [0.4, 0.5) is 0 Å². The number of esters is 3. The first kappa shape index (κ1) is 45.4. The van der Waals surface area contributed by atoms with Crippen molar-refractivity contribution in [3.63, 3.8) is 0 Å². The van der Waals surface area contributed by atoms with Crippen LogP contribution >= 0.6 is 0 Å². The number of fused-ring (bicyclic) bond motifs is 6. The molecule has 288 valence electrons. The van der Waals surface area contributed by atoms with E-state index in [4.69, 9.17) is 28.4 Å². The number of carbonyl (C=O) groups excluding carboxylic acids is 3. The van der Waals surface area contributed by atoms with E-state index in [0.29, 0.717) is 24.8 Å². The van der Waals surface area contributed by atoms with E-state index in [1.165, 1.54) is 39.7 Å². The largest absolute Gasteiger partial charge is 1.00 e. The molecule has 0 amide bonds. The van der Waals surface area contributed by atoms with Gasteiger partial charge in [-0.15, -0.1) is 6.08 Å². The van der Waals surface area contributed by atoms with Gasteiger partial charge in [-0.2, -0.15) is 12.0 Å². The molecule has 6 bridgehead atoms. The molecule has 0 unspecified atom stereocenters. The molecule has 0 aromatic carbocycles. The van der Waals surface area contributed by atoms with Crippen LogP contribution < -0.4 is 58.2 Å². The maximum absolute atomic E-state index is 13.1. The average Bonchev–Trinajstić information content (AvgIpc) is 3.01. The van der Waals surface area contributed by atoms with Gasteiger partial charge in [0.25, 0.3) is 0 Å². The topological polar surface area (TPSA) is 188 Å². The summed E-state index contributed by atoms with van der Waals surface area (Å²) in [5, 5.41) is 46.0. The molecule has 0 aromatic heterocycles. The van der Waals surface area contributed by atoms with Crippen molar-refractivity contribution in [2.45, 2.75) is 147 Å². The molecule has 0 aliphatic carbocycles. The van der Waals surface area contributed by atoms with Gasteiger partial charge in [0.1, 0.15) is 11.9 Å². The van der Waals surface area contributed by atoms with Crippen LogP contribution in [0, 0.1) is 23.2 Å². The molecule has 4 rings (SSSR count). The monoisotopic (exact) mass is 806 g/mol. The number of carbonyl (C=O) groups is 3. The Morgan fingerprint density at radius 1 is 0.942 bits per heavy atom. The Bertz CT molecular complexity index is 1370. The number of cyclic esters (lactones) is 1. The molecule has 52 heavy (non-hydrogen) atoms. The van der Waals surface area contributed by atoms with Crippen molar-refractivity contribution < 1.29 is 121 Å². The van der Waals surface area contributed by atoms with Crippen LogP contribution in [0.25, 0.3) is 0 Å². The molecule has 4 aliphatic heterocycles. The van der Waals surface area contributed by atoms with Gasteiger partial charge in [0.05, 0.1) is 57.3 Å². The molecule has 3 saturated heterocycles. The molecule has 10 atom stereocenters. The minimum Gasteiger partial charge on any atom is -0.479 e. The molecule has 0 aromatic rings. The van der Waals surface area contributed by atoms with Crippen molar-refractivity contribution in [2.75, 3.05) is 14.2 Å². The second-order valence-corrected chi connectivity index (χ2v) is 15.8. The van der Waals surface area contributed by atoms with E-state index in [1.807, 2.05) is 20.8 Å². The Morgan fingerprint density at radius 2 is 1.60 bits per heavy atom. The zero-order valence-corrected chi connectivity index (χ0v) is 37.0. The van der Waals surface area contributed by atoms with E-state index in [-0.39, 0.29) is 96.2 Å². The molecule has 14 heteroatoms. The van der Waals surface area contributed by atoms with Gasteiger partial charge in [0.2, 0.25) is 5.97 Å². The SMILES string of the molecule is COC(=O)/C=C1/[CH-][C@@]2(O)O[C@@H](C1)C[C@H]([C@@H](C)O)OC(=O)C[C@H](O)C[C@@H]1C[C@H](C)C(C)(C)[C@](O)(C[C@@H]3C/C(=C/C(=O)OC)C[C@H](/C=C/C2(C)C)O3)O1.[Rb+]. The quantitative estimate of drug-likeness (QED) is 0.101. The number of rotatable bonds is 3. The van der Waals surface area contributed by atoms with Gasteiger partial charge in [-0.1, -0.05) is 52.3 Å². The Hall–Kier alpha value is -0.975. The smallest absolute Gasteiger partial charge is 0.479 e. The maximum Gasteiger partial charge on any atom is 1.00 e. The van der Waals surface area contributed by atoms with Crippen LogP contribution in [0.3, 0.4) is 0 Å². The van der Waals surface area contributed by atoms with Crippen molar-refractivity contribution in [3.8, 4) is 0 Å². The molecule has 13 nitrogen and oxygen atoms in total. The Labute approximate surface area is 356 Å². The molecular formula is C38H57O13Rb. The van der Waals surface area contributed by atoms with Gasteiger partial charge >= 0.3 is 70.1 Å². The summed E-state index contributed by atoms with van der Waals surface area (Å²) in [5.41, 5.74) is -0.723. The van der Waals surface area contributed by atoms with Crippen LogP contribution in [-0.4, -0.2) is 107 Å². The number of aliphatic hydroxyl groups is 4. The summed E-state index contributed by atoms with van der Waals surface area (Å²) >= 11 is 0. The van der Waals surface area contributed by atoms with Crippen LogP contribution in [0.2, 0.25) is 0 Å². The second-order valence-electron chi connectivity index (χ2n) is 15.8. The molecular weight excluding hydrogens is 750 g/mol. The van der Waals surface area contributed by atoms with E-state index in [2.05, 4.69) is 0 Å². The van der Waals surface area contributed by atoms with Crippen LogP contribution in [-0.2, 0) is 42.8 Å². The zero-order chi connectivity index (χ0) is 37.9. The Kier molecular flexibility index (Phi) is 16.0. The normalized spacial score (nSPS) is 39.5. The molecule has 4 N–H and O–H groups in total. The third-order valence-corrected chi connectivity index (χ3v) is 11.2. The van der Waals surface area contributed by atoms with Crippen molar-refractivity contribution in [2.24, 2.45) is 16.7 Å². The fourth-order valence-electron chi connectivity index (χ4n) is 7.42. The third kappa shape index (κ3) is 11.1. The number of ether oxygens (including phenoxy) is 6. The standard InChI is InChI=1S/C38H57O13.Rb/c1-22-11-28-17-26(40)18-34(43)49-31(23(2)39)19-29-14-25(16-33(42)47-8)20-37(44,50-29)35(3,4)10-9-27-12-24(15-32(41)46-7)13-30(48-27)21-38(45,51-28)36(22,5)6;/h9-10,15-16,20,22-23,26-31,39-40,44-45H,11-14,17-19,21H2,1-8H3;/q-1;+1/b10-9+,24-15+,25-16+;/t22-,23+,26+,27-,28-,29-,30-,31+,37+,38-;/m0./s1. The molecule has 4 heterocycles. The predicted octanol–water partition coefficient (Wildman–Crippen LogP) is 0.368. The Morgan fingerprint density at radius 3 is 2.23 bits per heavy atom.